The van der Waals surface area contributed by atoms with Crippen LogP contribution in [0.15, 0.2) is 0 Å². The smallest absolute Gasteiger partial charge is 0.217 e. The summed E-state index contributed by atoms with van der Waals surface area (Å²) < 4.78 is 0. The standard InChI is InChI=1S/C7H12NO2/c1-2-6(3-4-9)5-7(8)10/h6H,2-3,5H2,1H3,(H2,8,10). The summed E-state index contributed by atoms with van der Waals surface area (Å²) in [5.41, 5.74) is 4.93. The lowest BCUT2D eigenvalue weighted by Gasteiger charge is -2.06. The number of primary amides is 1. The first-order valence-corrected chi connectivity index (χ1v) is 3.34. The van der Waals surface area contributed by atoms with E-state index in [2.05, 4.69) is 0 Å². The van der Waals surface area contributed by atoms with Gasteiger partial charge in [-0.3, -0.25) is 9.59 Å². The molecule has 0 fully saturated rings. The van der Waals surface area contributed by atoms with Crippen molar-refractivity contribution >= 4 is 12.2 Å². The number of rotatable bonds is 5. The first-order valence-electron chi connectivity index (χ1n) is 3.34. The third kappa shape index (κ3) is 4.06. The van der Waals surface area contributed by atoms with Crippen molar-refractivity contribution in [1.29, 1.82) is 0 Å². The van der Waals surface area contributed by atoms with Gasteiger partial charge in [0.1, 0.15) is 0 Å². The van der Waals surface area contributed by atoms with E-state index in [0.717, 1.165) is 6.42 Å². The molecule has 1 atom stereocenters. The summed E-state index contributed by atoms with van der Waals surface area (Å²) in [6.45, 7) is 1.92. The third-order valence-corrected chi connectivity index (χ3v) is 1.44. The van der Waals surface area contributed by atoms with Crippen molar-refractivity contribution in [3.63, 3.8) is 0 Å². The van der Waals surface area contributed by atoms with Crippen LogP contribution in [-0.4, -0.2) is 12.2 Å². The lowest BCUT2D eigenvalue weighted by Crippen LogP contribution is -2.16. The molecule has 0 heterocycles. The first kappa shape index (κ1) is 9.14. The van der Waals surface area contributed by atoms with E-state index in [9.17, 15) is 9.59 Å². The summed E-state index contributed by atoms with van der Waals surface area (Å²) in [7, 11) is 0. The van der Waals surface area contributed by atoms with Gasteiger partial charge in [0.25, 0.3) is 0 Å². The minimum atomic E-state index is -0.345. The molecule has 0 aromatic heterocycles. The van der Waals surface area contributed by atoms with Gasteiger partial charge in [0.05, 0.1) is 0 Å². The van der Waals surface area contributed by atoms with Gasteiger partial charge in [-0.2, -0.15) is 0 Å². The Labute approximate surface area is 60.6 Å². The van der Waals surface area contributed by atoms with Crippen LogP contribution in [-0.2, 0) is 9.59 Å². The average molecular weight is 142 g/mol. The van der Waals surface area contributed by atoms with Crippen molar-refractivity contribution in [2.75, 3.05) is 0 Å². The molecule has 0 aliphatic rings. The van der Waals surface area contributed by atoms with Gasteiger partial charge in [0.2, 0.25) is 5.91 Å². The number of nitrogens with two attached hydrogens (primary N) is 1. The molecule has 0 saturated heterocycles. The number of carbonyl (C=O) groups is 1. The zero-order valence-corrected chi connectivity index (χ0v) is 6.09. The van der Waals surface area contributed by atoms with Gasteiger partial charge in [0, 0.05) is 12.8 Å². The lowest BCUT2D eigenvalue weighted by molar-refractivity contribution is -0.118. The molecule has 1 radical (unpaired) electrons. The highest BCUT2D eigenvalue weighted by Crippen LogP contribution is 2.09. The highest BCUT2D eigenvalue weighted by atomic mass is 16.1. The normalized spacial score (nSPS) is 12.5. The van der Waals surface area contributed by atoms with Crippen molar-refractivity contribution in [3.8, 4) is 0 Å². The van der Waals surface area contributed by atoms with Crippen LogP contribution in [0.25, 0.3) is 0 Å². The van der Waals surface area contributed by atoms with Crippen LogP contribution in [0.1, 0.15) is 26.2 Å². The molecule has 0 bridgehead atoms. The van der Waals surface area contributed by atoms with Crippen LogP contribution in [0, 0.1) is 5.92 Å². The number of carbonyl (C=O) groups excluding carboxylic acids is 2. The summed E-state index contributed by atoms with van der Waals surface area (Å²) >= 11 is 0. The van der Waals surface area contributed by atoms with Gasteiger partial charge in [-0.05, 0) is 5.92 Å². The van der Waals surface area contributed by atoms with E-state index in [0.29, 0.717) is 12.8 Å². The van der Waals surface area contributed by atoms with Crippen molar-refractivity contribution in [2.45, 2.75) is 26.2 Å². The summed E-state index contributed by atoms with van der Waals surface area (Å²) in [4.78, 5) is 20.2. The quantitative estimate of drug-likeness (QED) is 0.603. The molecular weight excluding hydrogens is 130 g/mol. The fraction of sp³-hybridized carbons (Fsp3) is 0.714. The van der Waals surface area contributed by atoms with Crippen LogP contribution >= 0.6 is 0 Å². The average Bonchev–Trinajstić information content (AvgIpc) is 1.86. The molecule has 1 amide bonds. The number of hydrogen-bond acceptors (Lipinski definition) is 2. The second-order valence-electron chi connectivity index (χ2n) is 2.29. The fourth-order valence-electron chi connectivity index (χ4n) is 0.763. The molecule has 0 spiro atoms. The Morgan fingerprint density at radius 3 is 2.60 bits per heavy atom. The van der Waals surface area contributed by atoms with Crippen LogP contribution in [0.3, 0.4) is 0 Å². The molecule has 3 heteroatoms. The molecule has 57 valence electrons. The monoisotopic (exact) mass is 142 g/mol. The minimum absolute atomic E-state index is 0.0926. The number of hydrogen-bond donors (Lipinski definition) is 1. The summed E-state index contributed by atoms with van der Waals surface area (Å²) in [5, 5.41) is 0. The Kier molecular flexibility index (Phi) is 4.54. The van der Waals surface area contributed by atoms with Crippen molar-refractivity contribution < 1.29 is 9.59 Å². The molecule has 1 unspecified atom stereocenters. The minimum Gasteiger partial charge on any atom is -0.370 e. The van der Waals surface area contributed by atoms with E-state index in [1.54, 1.807) is 6.29 Å². The van der Waals surface area contributed by atoms with Crippen molar-refractivity contribution in [2.24, 2.45) is 11.7 Å². The topological polar surface area (TPSA) is 60.2 Å². The zero-order chi connectivity index (χ0) is 7.98. The highest BCUT2D eigenvalue weighted by molar-refractivity contribution is 5.74. The molecule has 2 N–H and O–H groups in total. The molecule has 0 aromatic carbocycles. The van der Waals surface area contributed by atoms with E-state index in [1.807, 2.05) is 6.92 Å². The third-order valence-electron chi connectivity index (χ3n) is 1.44. The molecule has 0 aliphatic carbocycles. The maximum atomic E-state index is 10.3. The Morgan fingerprint density at radius 1 is 1.70 bits per heavy atom. The predicted octanol–water partition coefficient (Wildman–Crippen LogP) is 0.388. The Balaban J connectivity index is 3.59. The first-order chi connectivity index (χ1) is 4.70. The van der Waals surface area contributed by atoms with E-state index in [-0.39, 0.29) is 11.8 Å². The maximum absolute atomic E-state index is 10.3. The lowest BCUT2D eigenvalue weighted by atomic mass is 9.99. The summed E-state index contributed by atoms with van der Waals surface area (Å²) in [5.74, 6) is -0.253. The molecule has 10 heavy (non-hydrogen) atoms. The summed E-state index contributed by atoms with van der Waals surface area (Å²) in [6.07, 6.45) is 3.19. The molecule has 0 aliphatic heterocycles. The Bertz CT molecular complexity index is 123. The van der Waals surface area contributed by atoms with E-state index < -0.39 is 0 Å². The van der Waals surface area contributed by atoms with Gasteiger partial charge < -0.3 is 5.73 Å². The maximum Gasteiger partial charge on any atom is 0.217 e. The molecule has 0 aromatic rings. The second-order valence-corrected chi connectivity index (χ2v) is 2.29. The Morgan fingerprint density at radius 2 is 2.30 bits per heavy atom. The van der Waals surface area contributed by atoms with Gasteiger partial charge in [0.15, 0.2) is 6.29 Å². The van der Waals surface area contributed by atoms with Crippen LogP contribution < -0.4 is 5.73 Å². The van der Waals surface area contributed by atoms with Gasteiger partial charge in [-0.25, -0.2) is 0 Å². The Hall–Kier alpha value is -0.860. The van der Waals surface area contributed by atoms with E-state index in [1.165, 1.54) is 0 Å². The van der Waals surface area contributed by atoms with Crippen molar-refractivity contribution in [1.82, 2.24) is 0 Å². The van der Waals surface area contributed by atoms with E-state index in [4.69, 9.17) is 5.73 Å². The van der Waals surface area contributed by atoms with Gasteiger partial charge >= 0.3 is 0 Å². The number of amides is 1. The van der Waals surface area contributed by atoms with Gasteiger partial charge in [-0.15, -0.1) is 0 Å². The van der Waals surface area contributed by atoms with Crippen LogP contribution in [0.2, 0.25) is 0 Å². The van der Waals surface area contributed by atoms with E-state index >= 15 is 0 Å². The highest BCUT2D eigenvalue weighted by Gasteiger charge is 2.08. The zero-order valence-electron chi connectivity index (χ0n) is 6.09. The molecule has 3 nitrogen and oxygen atoms in total. The van der Waals surface area contributed by atoms with Crippen LogP contribution in [0.5, 0.6) is 0 Å². The SMILES string of the molecule is CCC(C[C]=O)CC(N)=O. The molecular formula is C7H12NO2. The van der Waals surface area contributed by atoms with Crippen LogP contribution in [0.4, 0.5) is 0 Å². The predicted molar refractivity (Wildman–Crippen MR) is 37.9 cm³/mol. The van der Waals surface area contributed by atoms with Gasteiger partial charge in [-0.1, -0.05) is 13.3 Å². The summed E-state index contributed by atoms with van der Waals surface area (Å²) in [6, 6.07) is 0. The molecule has 0 saturated carbocycles. The fourth-order valence-corrected chi connectivity index (χ4v) is 0.763. The molecule has 0 rings (SSSR count). The van der Waals surface area contributed by atoms with Crippen molar-refractivity contribution in [3.05, 3.63) is 0 Å². The second kappa shape index (κ2) is 4.97. The largest absolute Gasteiger partial charge is 0.370 e.